The van der Waals surface area contributed by atoms with Gasteiger partial charge in [-0.2, -0.15) is 0 Å². The summed E-state index contributed by atoms with van der Waals surface area (Å²) in [7, 11) is 1.65. The van der Waals surface area contributed by atoms with Crippen LogP contribution in [0.15, 0.2) is 11.1 Å². The minimum absolute atomic E-state index is 0.144. The lowest BCUT2D eigenvalue weighted by Gasteiger charge is -1.99. The third-order valence-electron chi connectivity index (χ3n) is 3.80. The highest BCUT2D eigenvalue weighted by atomic mass is 32.1. The van der Waals surface area contributed by atoms with E-state index in [1.54, 1.807) is 14.0 Å². The number of aromatic nitrogens is 4. The van der Waals surface area contributed by atoms with Crippen molar-refractivity contribution in [2.75, 3.05) is 5.32 Å². The molecule has 0 unspecified atom stereocenters. The number of carbonyl (C=O) groups is 1. The summed E-state index contributed by atoms with van der Waals surface area (Å²) in [6.45, 7) is 1.77. The van der Waals surface area contributed by atoms with Gasteiger partial charge in [-0.1, -0.05) is 11.3 Å². The first-order chi connectivity index (χ1) is 11.0. The molecule has 0 saturated heterocycles. The standard InChI is InChI=1S/C14H13N5O2S2/c1-6-8-12(15-5-19(2)13(8)21)22-9(6)10(20)16-14-18-17-11(23-14)7-3-4-7/h5,7H,3-4H2,1-2H3,(H,16,18,20). The van der Waals surface area contributed by atoms with Crippen molar-refractivity contribution in [1.29, 1.82) is 0 Å². The first-order valence-electron chi connectivity index (χ1n) is 7.14. The fourth-order valence-corrected chi connectivity index (χ4v) is 4.30. The Morgan fingerprint density at radius 1 is 1.35 bits per heavy atom. The predicted molar refractivity (Wildman–Crippen MR) is 89.4 cm³/mol. The first-order valence-corrected chi connectivity index (χ1v) is 8.77. The molecule has 1 N–H and O–H groups in total. The molecule has 1 aliphatic rings. The molecule has 4 rings (SSSR count). The Labute approximate surface area is 139 Å². The van der Waals surface area contributed by atoms with Crippen LogP contribution in [0.1, 0.15) is 39.0 Å². The van der Waals surface area contributed by atoms with Crippen molar-refractivity contribution in [3.05, 3.63) is 32.1 Å². The summed E-state index contributed by atoms with van der Waals surface area (Å²) in [6, 6.07) is 0. The summed E-state index contributed by atoms with van der Waals surface area (Å²) in [5, 5.41) is 12.9. The van der Waals surface area contributed by atoms with Crippen LogP contribution < -0.4 is 10.9 Å². The molecule has 0 aromatic carbocycles. The molecule has 0 atom stereocenters. The normalized spacial score (nSPS) is 14.3. The quantitative estimate of drug-likeness (QED) is 0.785. The number of amides is 1. The number of fused-ring (bicyclic) bond motifs is 1. The summed E-state index contributed by atoms with van der Waals surface area (Å²) in [5.74, 6) is 0.238. The second-order valence-electron chi connectivity index (χ2n) is 5.57. The number of carbonyl (C=O) groups excluding carboxylic acids is 1. The van der Waals surface area contributed by atoms with Crippen LogP contribution in [-0.4, -0.2) is 25.7 Å². The van der Waals surface area contributed by atoms with Crippen molar-refractivity contribution < 1.29 is 4.79 Å². The summed E-state index contributed by atoms with van der Waals surface area (Å²) >= 11 is 2.63. The SMILES string of the molecule is Cc1c(C(=O)Nc2nnc(C3CC3)s2)sc2ncn(C)c(=O)c12. The summed E-state index contributed by atoms with van der Waals surface area (Å²) in [5.41, 5.74) is 0.512. The van der Waals surface area contributed by atoms with Gasteiger partial charge in [0.15, 0.2) is 0 Å². The van der Waals surface area contributed by atoms with E-state index in [0.717, 1.165) is 17.8 Å². The largest absolute Gasteiger partial charge is 0.302 e. The molecule has 9 heteroatoms. The van der Waals surface area contributed by atoms with Gasteiger partial charge in [0.1, 0.15) is 9.84 Å². The van der Waals surface area contributed by atoms with E-state index in [-0.39, 0.29) is 11.5 Å². The average Bonchev–Trinajstić information content (AvgIpc) is 3.18. The lowest BCUT2D eigenvalue weighted by molar-refractivity contribution is 0.103. The van der Waals surface area contributed by atoms with E-state index in [2.05, 4.69) is 20.5 Å². The van der Waals surface area contributed by atoms with Crippen LogP contribution in [0, 0.1) is 6.92 Å². The van der Waals surface area contributed by atoms with Gasteiger partial charge in [-0.15, -0.1) is 21.5 Å². The van der Waals surface area contributed by atoms with E-state index in [4.69, 9.17) is 0 Å². The fraction of sp³-hybridized carbons (Fsp3) is 0.357. The lowest BCUT2D eigenvalue weighted by atomic mass is 10.2. The van der Waals surface area contributed by atoms with Crippen LogP contribution >= 0.6 is 22.7 Å². The Morgan fingerprint density at radius 2 is 2.13 bits per heavy atom. The molecule has 0 aliphatic heterocycles. The number of rotatable bonds is 3. The second-order valence-corrected chi connectivity index (χ2v) is 7.58. The van der Waals surface area contributed by atoms with Crippen molar-refractivity contribution >= 4 is 43.9 Å². The van der Waals surface area contributed by atoms with Crippen LogP contribution in [0.3, 0.4) is 0 Å². The molecule has 1 aliphatic carbocycles. The minimum Gasteiger partial charge on any atom is -0.302 e. The maximum atomic E-state index is 12.5. The molecule has 1 fully saturated rings. The zero-order valence-corrected chi connectivity index (χ0v) is 14.1. The maximum absolute atomic E-state index is 12.5. The number of hydrogen-bond donors (Lipinski definition) is 1. The molecule has 0 spiro atoms. The van der Waals surface area contributed by atoms with E-state index >= 15 is 0 Å². The van der Waals surface area contributed by atoms with E-state index in [1.807, 2.05) is 0 Å². The Balaban J connectivity index is 1.67. The second kappa shape index (κ2) is 5.20. The third-order valence-corrected chi connectivity index (χ3v) is 6.00. The van der Waals surface area contributed by atoms with Crippen molar-refractivity contribution in [3.8, 4) is 0 Å². The number of thiophene rings is 1. The van der Waals surface area contributed by atoms with Gasteiger partial charge in [-0.3, -0.25) is 14.9 Å². The van der Waals surface area contributed by atoms with Crippen LogP contribution in [-0.2, 0) is 7.05 Å². The average molecular weight is 347 g/mol. The molecule has 1 saturated carbocycles. The fourth-order valence-electron chi connectivity index (χ4n) is 2.36. The predicted octanol–water partition coefficient (Wildman–Crippen LogP) is 2.28. The summed E-state index contributed by atoms with van der Waals surface area (Å²) in [6.07, 6.45) is 3.76. The van der Waals surface area contributed by atoms with Crippen LogP contribution in [0.4, 0.5) is 5.13 Å². The van der Waals surface area contributed by atoms with Gasteiger partial charge in [-0.05, 0) is 25.3 Å². The number of hydrogen-bond acceptors (Lipinski definition) is 7. The highest BCUT2D eigenvalue weighted by molar-refractivity contribution is 7.21. The third kappa shape index (κ3) is 2.45. The topological polar surface area (TPSA) is 89.8 Å². The van der Waals surface area contributed by atoms with Gasteiger partial charge < -0.3 is 4.57 Å². The lowest BCUT2D eigenvalue weighted by Crippen LogP contribution is -2.17. The zero-order valence-electron chi connectivity index (χ0n) is 12.5. The van der Waals surface area contributed by atoms with Crippen molar-refractivity contribution in [2.45, 2.75) is 25.7 Å². The van der Waals surface area contributed by atoms with E-state index in [9.17, 15) is 9.59 Å². The van der Waals surface area contributed by atoms with Gasteiger partial charge >= 0.3 is 0 Å². The first kappa shape index (κ1) is 14.5. The molecular weight excluding hydrogens is 334 g/mol. The van der Waals surface area contributed by atoms with Gasteiger partial charge in [0.05, 0.1) is 16.6 Å². The molecule has 1 amide bonds. The minimum atomic E-state index is -0.272. The molecule has 23 heavy (non-hydrogen) atoms. The summed E-state index contributed by atoms with van der Waals surface area (Å²) < 4.78 is 1.41. The monoisotopic (exact) mass is 347 g/mol. The van der Waals surface area contributed by atoms with Crippen LogP contribution in [0.2, 0.25) is 0 Å². The number of nitrogens with one attached hydrogen (secondary N) is 1. The Kier molecular flexibility index (Phi) is 3.27. The van der Waals surface area contributed by atoms with E-state index < -0.39 is 0 Å². The number of anilines is 1. The van der Waals surface area contributed by atoms with Crippen molar-refractivity contribution in [3.63, 3.8) is 0 Å². The van der Waals surface area contributed by atoms with E-state index in [0.29, 0.717) is 31.7 Å². The van der Waals surface area contributed by atoms with Crippen molar-refractivity contribution in [1.82, 2.24) is 19.7 Å². The van der Waals surface area contributed by atoms with Crippen LogP contribution in [0.5, 0.6) is 0 Å². The molecule has 0 radical (unpaired) electrons. The van der Waals surface area contributed by atoms with E-state index in [1.165, 1.54) is 33.6 Å². The zero-order chi connectivity index (χ0) is 16.1. The smallest absolute Gasteiger partial charge is 0.267 e. The molecule has 7 nitrogen and oxygen atoms in total. The molecule has 118 valence electrons. The summed E-state index contributed by atoms with van der Waals surface area (Å²) in [4.78, 5) is 30.0. The highest BCUT2D eigenvalue weighted by Gasteiger charge is 2.28. The van der Waals surface area contributed by atoms with Gasteiger partial charge in [0, 0.05) is 13.0 Å². The molecule has 3 aromatic rings. The Morgan fingerprint density at radius 3 is 2.87 bits per heavy atom. The number of nitrogens with zero attached hydrogens (tertiary/aromatic N) is 4. The molecular formula is C14H13N5O2S2. The van der Waals surface area contributed by atoms with Gasteiger partial charge in [-0.25, -0.2) is 4.98 Å². The number of aryl methyl sites for hydroxylation is 2. The Hall–Kier alpha value is -2.13. The molecule has 0 bridgehead atoms. The Bertz CT molecular complexity index is 983. The maximum Gasteiger partial charge on any atom is 0.267 e. The van der Waals surface area contributed by atoms with Crippen LogP contribution in [0.25, 0.3) is 10.2 Å². The van der Waals surface area contributed by atoms with Gasteiger partial charge in [0.2, 0.25) is 5.13 Å². The van der Waals surface area contributed by atoms with Crippen molar-refractivity contribution in [2.24, 2.45) is 7.05 Å². The highest BCUT2D eigenvalue weighted by Crippen LogP contribution is 2.42. The molecule has 3 heterocycles. The van der Waals surface area contributed by atoms with Gasteiger partial charge in [0.25, 0.3) is 11.5 Å². The molecule has 3 aromatic heterocycles.